The van der Waals surface area contributed by atoms with E-state index in [1.807, 2.05) is 36.7 Å². The second kappa shape index (κ2) is 11.1. The highest BCUT2D eigenvalue weighted by Crippen LogP contribution is 2.31. The fourth-order valence-electron chi connectivity index (χ4n) is 4.39. The van der Waals surface area contributed by atoms with Gasteiger partial charge in [-0.25, -0.2) is 4.98 Å². The minimum absolute atomic E-state index is 0.515. The van der Waals surface area contributed by atoms with Gasteiger partial charge in [0.25, 0.3) is 0 Å². The molecule has 1 aliphatic rings. The van der Waals surface area contributed by atoms with Crippen LogP contribution in [0.3, 0.4) is 0 Å². The zero-order valence-corrected chi connectivity index (χ0v) is 20.1. The molecule has 35 heavy (non-hydrogen) atoms. The van der Waals surface area contributed by atoms with E-state index in [2.05, 4.69) is 48.7 Å². The van der Waals surface area contributed by atoms with Gasteiger partial charge in [-0.2, -0.15) is 4.98 Å². The summed E-state index contributed by atoms with van der Waals surface area (Å²) in [5, 5.41) is 9.06. The van der Waals surface area contributed by atoms with Crippen molar-refractivity contribution in [3.8, 4) is 11.5 Å². The number of hydrogen-bond donors (Lipinski definition) is 3. The smallest absolute Gasteiger partial charge is 0.229 e. The molecule has 0 atom stereocenters. The summed E-state index contributed by atoms with van der Waals surface area (Å²) < 4.78 is 11.5. The summed E-state index contributed by atoms with van der Waals surface area (Å²) >= 11 is 0. The van der Waals surface area contributed by atoms with Crippen molar-refractivity contribution in [2.24, 2.45) is 0 Å². The number of nitrogens with one attached hydrogen (secondary N) is 3. The van der Waals surface area contributed by atoms with E-state index in [1.54, 1.807) is 13.3 Å². The zero-order chi connectivity index (χ0) is 23.9. The number of rotatable bonds is 11. The first-order valence-electron chi connectivity index (χ1n) is 12.2. The highest BCUT2D eigenvalue weighted by atomic mass is 16.5. The number of fused-ring (bicyclic) bond motifs is 1. The molecule has 4 aromatic rings. The van der Waals surface area contributed by atoms with Gasteiger partial charge in [0.2, 0.25) is 5.95 Å². The number of anilines is 3. The Labute approximate surface area is 205 Å². The number of aromatic nitrogens is 3. The maximum atomic E-state index is 6.06. The van der Waals surface area contributed by atoms with Crippen LogP contribution in [0.4, 0.5) is 17.5 Å². The summed E-state index contributed by atoms with van der Waals surface area (Å²) in [4.78, 5) is 14.6. The van der Waals surface area contributed by atoms with Crippen molar-refractivity contribution in [3.63, 3.8) is 0 Å². The van der Waals surface area contributed by atoms with Crippen LogP contribution in [-0.4, -0.2) is 53.2 Å². The molecule has 2 aromatic carbocycles. The van der Waals surface area contributed by atoms with Crippen LogP contribution in [-0.2, 0) is 6.54 Å². The number of ether oxygens (including phenoxy) is 2. The molecule has 0 aliphatic carbocycles. The predicted octanol–water partition coefficient (Wildman–Crippen LogP) is 5.19. The third-order valence-corrected chi connectivity index (χ3v) is 6.25. The van der Waals surface area contributed by atoms with Crippen molar-refractivity contribution in [3.05, 3.63) is 66.6 Å². The SMILES string of the molecule is COc1ccc(Nc2nccc(NCc3ccc4c[nH]cc4c3)n2)cc1OCCCN1CCCC1. The molecule has 0 amide bonds. The summed E-state index contributed by atoms with van der Waals surface area (Å²) in [7, 11) is 1.66. The molecular formula is C27H32N6O2. The Kier molecular flexibility index (Phi) is 7.29. The minimum atomic E-state index is 0.515. The zero-order valence-electron chi connectivity index (χ0n) is 20.1. The average Bonchev–Trinajstić information content (AvgIpc) is 3.58. The van der Waals surface area contributed by atoms with Crippen molar-refractivity contribution in [1.29, 1.82) is 0 Å². The molecule has 0 radical (unpaired) electrons. The molecule has 1 fully saturated rings. The number of aromatic amines is 1. The Morgan fingerprint density at radius 3 is 2.77 bits per heavy atom. The van der Waals surface area contributed by atoms with Gasteiger partial charge in [-0.15, -0.1) is 0 Å². The van der Waals surface area contributed by atoms with Crippen LogP contribution < -0.4 is 20.1 Å². The molecule has 2 aromatic heterocycles. The van der Waals surface area contributed by atoms with Gasteiger partial charge in [-0.05, 0) is 73.0 Å². The molecule has 3 N–H and O–H groups in total. The summed E-state index contributed by atoms with van der Waals surface area (Å²) in [6, 6.07) is 14.0. The Hall–Kier alpha value is -3.78. The number of benzene rings is 2. The first kappa shape index (κ1) is 23.0. The van der Waals surface area contributed by atoms with Crippen molar-refractivity contribution in [2.45, 2.75) is 25.8 Å². The number of likely N-dealkylation sites (tertiary alicyclic amines) is 1. The Morgan fingerprint density at radius 1 is 1.00 bits per heavy atom. The van der Waals surface area contributed by atoms with Gasteiger partial charge < -0.3 is 30.0 Å². The van der Waals surface area contributed by atoms with Crippen LogP contribution in [0.5, 0.6) is 11.5 Å². The molecule has 8 heteroatoms. The van der Waals surface area contributed by atoms with E-state index < -0.39 is 0 Å². The lowest BCUT2D eigenvalue weighted by atomic mass is 10.1. The highest BCUT2D eigenvalue weighted by Gasteiger charge is 2.12. The maximum absolute atomic E-state index is 6.06. The number of nitrogens with zero attached hydrogens (tertiary/aromatic N) is 3. The molecule has 1 aliphatic heterocycles. The third kappa shape index (κ3) is 6.02. The van der Waals surface area contributed by atoms with E-state index in [-0.39, 0.29) is 0 Å². The van der Waals surface area contributed by atoms with Crippen LogP contribution in [0, 0.1) is 0 Å². The van der Waals surface area contributed by atoms with Gasteiger partial charge in [0, 0.05) is 43.4 Å². The minimum Gasteiger partial charge on any atom is -0.493 e. The van der Waals surface area contributed by atoms with Gasteiger partial charge in [-0.3, -0.25) is 0 Å². The van der Waals surface area contributed by atoms with Crippen molar-refractivity contribution >= 4 is 28.2 Å². The van der Waals surface area contributed by atoms with Gasteiger partial charge >= 0.3 is 0 Å². The lowest BCUT2D eigenvalue weighted by molar-refractivity contribution is 0.254. The fourth-order valence-corrected chi connectivity index (χ4v) is 4.39. The Balaban J connectivity index is 1.18. The molecule has 8 nitrogen and oxygen atoms in total. The summed E-state index contributed by atoms with van der Waals surface area (Å²) in [5.74, 6) is 2.70. The summed E-state index contributed by atoms with van der Waals surface area (Å²) in [6.45, 7) is 4.82. The number of methoxy groups -OCH3 is 1. The Morgan fingerprint density at radius 2 is 1.89 bits per heavy atom. The monoisotopic (exact) mass is 472 g/mol. The normalized spacial score (nSPS) is 13.7. The molecule has 1 saturated heterocycles. The Bertz CT molecular complexity index is 1250. The van der Waals surface area contributed by atoms with Gasteiger partial charge in [0.1, 0.15) is 5.82 Å². The van der Waals surface area contributed by atoms with E-state index >= 15 is 0 Å². The molecule has 0 saturated carbocycles. The van der Waals surface area contributed by atoms with Gasteiger partial charge in [-0.1, -0.05) is 12.1 Å². The van der Waals surface area contributed by atoms with E-state index in [4.69, 9.17) is 9.47 Å². The fraction of sp³-hybridized carbons (Fsp3) is 0.333. The van der Waals surface area contributed by atoms with Gasteiger partial charge in [0.15, 0.2) is 11.5 Å². The number of hydrogen-bond acceptors (Lipinski definition) is 7. The first-order valence-corrected chi connectivity index (χ1v) is 12.2. The second-order valence-corrected chi connectivity index (χ2v) is 8.78. The predicted molar refractivity (Wildman–Crippen MR) is 140 cm³/mol. The highest BCUT2D eigenvalue weighted by molar-refractivity contribution is 5.82. The quantitative estimate of drug-likeness (QED) is 0.259. The second-order valence-electron chi connectivity index (χ2n) is 8.78. The van der Waals surface area contributed by atoms with E-state index in [0.29, 0.717) is 30.6 Å². The molecule has 182 valence electrons. The molecule has 0 spiro atoms. The van der Waals surface area contributed by atoms with Crippen molar-refractivity contribution in [1.82, 2.24) is 19.9 Å². The van der Waals surface area contributed by atoms with E-state index in [9.17, 15) is 0 Å². The standard InChI is InChI=1S/C27H32N6O2/c1-34-24-8-7-23(16-25(24)35-14-4-13-33-11-2-3-12-33)31-27-29-10-9-26(32-27)30-17-20-5-6-21-18-28-19-22(21)15-20/h5-10,15-16,18-19,28H,2-4,11-14,17H2,1H3,(H2,29,30,31,32). The van der Waals surface area contributed by atoms with Gasteiger partial charge in [0.05, 0.1) is 13.7 Å². The molecule has 3 heterocycles. The van der Waals surface area contributed by atoms with Crippen LogP contribution in [0.1, 0.15) is 24.8 Å². The first-order chi connectivity index (χ1) is 17.3. The van der Waals surface area contributed by atoms with E-state index in [1.165, 1.54) is 42.3 Å². The van der Waals surface area contributed by atoms with Crippen LogP contribution in [0.25, 0.3) is 10.8 Å². The average molecular weight is 473 g/mol. The van der Waals surface area contributed by atoms with Crippen LogP contribution in [0.2, 0.25) is 0 Å². The largest absolute Gasteiger partial charge is 0.493 e. The summed E-state index contributed by atoms with van der Waals surface area (Å²) in [5.41, 5.74) is 2.03. The maximum Gasteiger partial charge on any atom is 0.229 e. The van der Waals surface area contributed by atoms with E-state index in [0.717, 1.165) is 24.5 Å². The van der Waals surface area contributed by atoms with Crippen molar-refractivity contribution in [2.75, 3.05) is 44.0 Å². The lowest BCUT2D eigenvalue weighted by Crippen LogP contribution is -2.21. The lowest BCUT2D eigenvalue weighted by Gasteiger charge is -2.16. The van der Waals surface area contributed by atoms with Crippen molar-refractivity contribution < 1.29 is 9.47 Å². The molecule has 0 unspecified atom stereocenters. The molecule has 5 rings (SSSR count). The number of H-pyrrole nitrogens is 1. The summed E-state index contributed by atoms with van der Waals surface area (Å²) in [6.07, 6.45) is 9.36. The third-order valence-electron chi connectivity index (χ3n) is 6.25. The van der Waals surface area contributed by atoms with Crippen LogP contribution >= 0.6 is 0 Å². The molecule has 0 bridgehead atoms. The van der Waals surface area contributed by atoms with Crippen LogP contribution in [0.15, 0.2) is 61.1 Å². The molecular weight excluding hydrogens is 440 g/mol. The topological polar surface area (TPSA) is 87.3 Å².